The number of methoxy groups -OCH3 is 1. The molecule has 1 aliphatic rings. The van der Waals surface area contributed by atoms with Crippen molar-refractivity contribution in [3.8, 4) is 11.5 Å². The van der Waals surface area contributed by atoms with Gasteiger partial charge in [0, 0.05) is 11.1 Å². The van der Waals surface area contributed by atoms with Crippen LogP contribution < -0.4 is 14.8 Å². The highest BCUT2D eigenvalue weighted by Crippen LogP contribution is 2.42. The summed E-state index contributed by atoms with van der Waals surface area (Å²) in [7, 11) is 1.49. The quantitative estimate of drug-likeness (QED) is 0.879. The third-order valence-corrected chi connectivity index (χ3v) is 3.27. The van der Waals surface area contributed by atoms with Gasteiger partial charge in [-0.05, 0) is 12.1 Å². The lowest BCUT2D eigenvalue weighted by Gasteiger charge is -2.27. The zero-order valence-corrected chi connectivity index (χ0v) is 11.3. The molecule has 2 aromatic carbocycles. The molecule has 0 bridgehead atoms. The molecule has 5 nitrogen and oxygen atoms in total. The number of ether oxygens (including phenoxy) is 2. The summed E-state index contributed by atoms with van der Waals surface area (Å²) >= 11 is 0. The molecule has 0 fully saturated rings. The number of benzene rings is 2. The van der Waals surface area contributed by atoms with Gasteiger partial charge < -0.3 is 14.8 Å². The summed E-state index contributed by atoms with van der Waals surface area (Å²) in [5.74, 6) is 0.561. The van der Waals surface area contributed by atoms with E-state index in [2.05, 4.69) is 5.32 Å². The van der Waals surface area contributed by atoms with Crippen molar-refractivity contribution < 1.29 is 19.1 Å². The van der Waals surface area contributed by atoms with E-state index in [4.69, 9.17) is 9.47 Å². The van der Waals surface area contributed by atoms with Gasteiger partial charge in [-0.1, -0.05) is 30.3 Å². The molecule has 3 rings (SSSR count). The molecule has 106 valence electrons. The third kappa shape index (κ3) is 2.33. The van der Waals surface area contributed by atoms with Crippen LogP contribution in [0.1, 0.15) is 22.0 Å². The van der Waals surface area contributed by atoms with Crippen molar-refractivity contribution in [2.75, 3.05) is 12.4 Å². The van der Waals surface area contributed by atoms with Crippen LogP contribution in [0.3, 0.4) is 0 Å². The number of hydrogen-bond acceptors (Lipinski definition) is 4. The van der Waals surface area contributed by atoms with Crippen molar-refractivity contribution >= 4 is 17.9 Å². The first-order chi connectivity index (χ1) is 10.2. The zero-order chi connectivity index (χ0) is 14.8. The summed E-state index contributed by atoms with van der Waals surface area (Å²) in [5.41, 5.74) is 1.60. The van der Waals surface area contributed by atoms with Gasteiger partial charge in [0.05, 0.1) is 12.8 Å². The molecular formula is C16H13NO4. The average Bonchev–Trinajstić information content (AvgIpc) is 2.53. The Hall–Kier alpha value is -2.82. The minimum atomic E-state index is -0.741. The molecule has 0 aromatic heterocycles. The fourth-order valence-electron chi connectivity index (χ4n) is 2.27. The fraction of sp³-hybridized carbons (Fsp3) is 0.125. The van der Waals surface area contributed by atoms with Gasteiger partial charge >= 0.3 is 0 Å². The molecule has 21 heavy (non-hydrogen) atoms. The summed E-state index contributed by atoms with van der Waals surface area (Å²) < 4.78 is 11.0. The predicted octanol–water partition coefficient (Wildman–Crippen LogP) is 2.58. The monoisotopic (exact) mass is 283 g/mol. The summed E-state index contributed by atoms with van der Waals surface area (Å²) in [5, 5.41) is 2.76. The van der Waals surface area contributed by atoms with Crippen LogP contribution in [0.2, 0.25) is 0 Å². The maximum atomic E-state index is 12.2. The minimum absolute atomic E-state index is 0.279. The second kappa shape index (κ2) is 5.28. The van der Waals surface area contributed by atoms with Crippen LogP contribution in [0.25, 0.3) is 0 Å². The van der Waals surface area contributed by atoms with Crippen LogP contribution in [0.4, 0.5) is 5.69 Å². The summed E-state index contributed by atoms with van der Waals surface area (Å²) in [6.07, 6.45) is -0.0483. The number of fused-ring (bicyclic) bond motifs is 1. The highest BCUT2D eigenvalue weighted by molar-refractivity contribution is 6.00. The van der Waals surface area contributed by atoms with E-state index in [1.165, 1.54) is 7.11 Å². The van der Waals surface area contributed by atoms with Crippen LogP contribution >= 0.6 is 0 Å². The summed E-state index contributed by atoms with van der Waals surface area (Å²) in [4.78, 5) is 23.1. The lowest BCUT2D eigenvalue weighted by atomic mass is 10.1. The van der Waals surface area contributed by atoms with Crippen molar-refractivity contribution in [3.05, 3.63) is 53.6 Å². The first-order valence-electron chi connectivity index (χ1n) is 6.42. The van der Waals surface area contributed by atoms with E-state index in [9.17, 15) is 9.59 Å². The second-order valence-electron chi connectivity index (χ2n) is 4.62. The molecule has 0 saturated carbocycles. The van der Waals surface area contributed by atoms with Gasteiger partial charge in [-0.2, -0.15) is 0 Å². The molecule has 1 aliphatic heterocycles. The fourth-order valence-corrected chi connectivity index (χ4v) is 2.27. The molecule has 0 aliphatic carbocycles. The molecule has 1 amide bonds. The van der Waals surface area contributed by atoms with E-state index in [0.717, 1.165) is 5.56 Å². The Morgan fingerprint density at radius 3 is 2.67 bits per heavy atom. The molecule has 1 atom stereocenters. The number of carbonyl (C=O) groups excluding carboxylic acids is 2. The average molecular weight is 283 g/mol. The number of nitrogens with one attached hydrogen (secondary N) is 1. The SMILES string of the molecule is COc1cc(C=O)cc2c1OC(c1ccccc1)C(=O)N2. The highest BCUT2D eigenvalue weighted by atomic mass is 16.5. The standard InChI is InChI=1S/C16H13NO4/c1-20-13-8-10(9-18)7-12-15(13)21-14(16(19)17-12)11-5-3-2-4-6-11/h2-9,14H,1H3,(H,17,19). The van der Waals surface area contributed by atoms with E-state index in [0.29, 0.717) is 29.0 Å². The summed E-state index contributed by atoms with van der Waals surface area (Å²) in [6, 6.07) is 12.3. The number of anilines is 1. The number of hydrogen-bond donors (Lipinski definition) is 1. The molecule has 5 heteroatoms. The van der Waals surface area contributed by atoms with Crippen molar-refractivity contribution in [2.45, 2.75) is 6.10 Å². The first-order valence-corrected chi connectivity index (χ1v) is 6.42. The summed E-state index contributed by atoms with van der Waals surface area (Å²) in [6.45, 7) is 0. The Morgan fingerprint density at radius 2 is 2.00 bits per heavy atom. The zero-order valence-electron chi connectivity index (χ0n) is 11.3. The van der Waals surface area contributed by atoms with Gasteiger partial charge in [0.15, 0.2) is 11.5 Å². The van der Waals surface area contributed by atoms with Crippen molar-refractivity contribution in [2.24, 2.45) is 0 Å². The first kappa shape index (κ1) is 13.2. The van der Waals surface area contributed by atoms with Crippen LogP contribution in [0.15, 0.2) is 42.5 Å². The van der Waals surface area contributed by atoms with E-state index >= 15 is 0 Å². The highest BCUT2D eigenvalue weighted by Gasteiger charge is 2.31. The molecule has 1 N–H and O–H groups in total. The van der Waals surface area contributed by atoms with Crippen molar-refractivity contribution in [3.63, 3.8) is 0 Å². The Balaban J connectivity index is 2.04. The van der Waals surface area contributed by atoms with Gasteiger partial charge in [-0.15, -0.1) is 0 Å². The molecule has 0 radical (unpaired) electrons. The van der Waals surface area contributed by atoms with Crippen LogP contribution in [-0.2, 0) is 4.79 Å². The third-order valence-electron chi connectivity index (χ3n) is 3.27. The minimum Gasteiger partial charge on any atom is -0.493 e. The van der Waals surface area contributed by atoms with E-state index in [1.54, 1.807) is 12.1 Å². The van der Waals surface area contributed by atoms with E-state index < -0.39 is 6.10 Å². The predicted molar refractivity (Wildman–Crippen MR) is 76.8 cm³/mol. The Labute approximate surface area is 121 Å². The van der Waals surface area contributed by atoms with E-state index in [1.807, 2.05) is 30.3 Å². The second-order valence-corrected chi connectivity index (χ2v) is 4.62. The van der Waals surface area contributed by atoms with Crippen LogP contribution in [-0.4, -0.2) is 19.3 Å². The number of aldehydes is 1. The number of carbonyl (C=O) groups is 2. The molecule has 0 spiro atoms. The maximum Gasteiger partial charge on any atom is 0.270 e. The Bertz CT molecular complexity index is 697. The van der Waals surface area contributed by atoms with Gasteiger partial charge in [0.1, 0.15) is 6.29 Å². The Morgan fingerprint density at radius 1 is 1.24 bits per heavy atom. The van der Waals surface area contributed by atoms with Gasteiger partial charge in [-0.25, -0.2) is 0 Å². The topological polar surface area (TPSA) is 64.6 Å². The van der Waals surface area contributed by atoms with Gasteiger partial charge in [0.25, 0.3) is 5.91 Å². The Kier molecular flexibility index (Phi) is 3.31. The number of amides is 1. The van der Waals surface area contributed by atoms with Crippen LogP contribution in [0, 0.1) is 0 Å². The van der Waals surface area contributed by atoms with Gasteiger partial charge in [0.2, 0.25) is 6.10 Å². The molecule has 1 unspecified atom stereocenters. The maximum absolute atomic E-state index is 12.2. The molecule has 1 heterocycles. The largest absolute Gasteiger partial charge is 0.493 e. The lowest BCUT2D eigenvalue weighted by molar-refractivity contribution is -0.123. The van der Waals surface area contributed by atoms with E-state index in [-0.39, 0.29) is 5.91 Å². The normalized spacial score (nSPS) is 16.4. The lowest BCUT2D eigenvalue weighted by Crippen LogP contribution is -2.30. The number of rotatable bonds is 3. The molecule has 2 aromatic rings. The van der Waals surface area contributed by atoms with Crippen molar-refractivity contribution in [1.82, 2.24) is 0 Å². The molecule has 0 saturated heterocycles. The smallest absolute Gasteiger partial charge is 0.270 e. The van der Waals surface area contributed by atoms with Crippen LogP contribution in [0.5, 0.6) is 11.5 Å². The van der Waals surface area contributed by atoms with Crippen molar-refractivity contribution in [1.29, 1.82) is 0 Å². The molecular weight excluding hydrogens is 270 g/mol. The van der Waals surface area contributed by atoms with Gasteiger partial charge in [-0.3, -0.25) is 9.59 Å².